The van der Waals surface area contributed by atoms with Crippen LogP contribution in [0, 0.1) is 0 Å². The van der Waals surface area contributed by atoms with Crippen molar-refractivity contribution in [3.05, 3.63) is 30.3 Å². The molecular formula is C18H33IN4O2. The Hall–Kier alpha value is -1.06. The zero-order chi connectivity index (χ0) is 17.5. The number of hydrogen-bond donors (Lipinski definition) is 2. The first kappa shape index (κ1) is 23.9. The van der Waals surface area contributed by atoms with Crippen LogP contribution in [-0.2, 0) is 9.47 Å². The zero-order valence-electron chi connectivity index (χ0n) is 15.7. The number of para-hydroxylation sites is 1. The van der Waals surface area contributed by atoms with Crippen LogP contribution in [0.4, 0.5) is 5.69 Å². The van der Waals surface area contributed by atoms with E-state index in [1.807, 2.05) is 6.07 Å². The van der Waals surface area contributed by atoms with E-state index in [9.17, 15) is 0 Å². The van der Waals surface area contributed by atoms with Crippen LogP contribution in [0.3, 0.4) is 0 Å². The molecular weight excluding hydrogens is 431 g/mol. The predicted molar refractivity (Wildman–Crippen MR) is 116 cm³/mol. The highest BCUT2D eigenvalue weighted by Crippen LogP contribution is 2.10. The van der Waals surface area contributed by atoms with Crippen molar-refractivity contribution < 1.29 is 9.47 Å². The maximum Gasteiger partial charge on any atom is 0.190 e. The molecule has 0 spiro atoms. The van der Waals surface area contributed by atoms with Crippen LogP contribution in [0.25, 0.3) is 0 Å². The Kier molecular flexibility index (Phi) is 15.7. The maximum absolute atomic E-state index is 5.43. The zero-order valence-corrected chi connectivity index (χ0v) is 18.0. The molecule has 0 aliphatic heterocycles. The van der Waals surface area contributed by atoms with Crippen molar-refractivity contribution in [2.75, 3.05) is 65.6 Å². The lowest BCUT2D eigenvalue weighted by atomic mass is 10.3. The molecule has 0 saturated carbocycles. The lowest BCUT2D eigenvalue weighted by Crippen LogP contribution is -2.39. The lowest BCUT2D eigenvalue weighted by molar-refractivity contribution is 0.0698. The van der Waals surface area contributed by atoms with E-state index in [1.165, 1.54) is 5.69 Å². The number of guanidine groups is 1. The van der Waals surface area contributed by atoms with E-state index in [0.29, 0.717) is 13.2 Å². The minimum Gasteiger partial charge on any atom is -0.382 e. The van der Waals surface area contributed by atoms with Crippen LogP contribution >= 0.6 is 24.0 Å². The molecule has 1 rings (SSSR count). The summed E-state index contributed by atoms with van der Waals surface area (Å²) in [6.45, 7) is 4.76. The van der Waals surface area contributed by atoms with E-state index in [2.05, 4.69) is 51.8 Å². The molecule has 7 heteroatoms. The van der Waals surface area contributed by atoms with Crippen molar-refractivity contribution in [3.63, 3.8) is 0 Å². The number of hydrogen-bond acceptors (Lipinski definition) is 4. The molecule has 25 heavy (non-hydrogen) atoms. The summed E-state index contributed by atoms with van der Waals surface area (Å²) in [4.78, 5) is 6.49. The Morgan fingerprint density at radius 3 is 2.36 bits per heavy atom. The molecule has 0 aliphatic rings. The van der Waals surface area contributed by atoms with Gasteiger partial charge in [0.2, 0.25) is 0 Å². The summed E-state index contributed by atoms with van der Waals surface area (Å²) < 4.78 is 10.4. The first-order valence-corrected chi connectivity index (χ1v) is 8.55. The van der Waals surface area contributed by atoms with Crippen LogP contribution in [0.1, 0.15) is 12.8 Å². The average molecular weight is 464 g/mol. The molecule has 0 amide bonds. The molecule has 0 fully saturated rings. The first-order valence-electron chi connectivity index (χ1n) is 8.55. The molecule has 0 atom stereocenters. The second kappa shape index (κ2) is 16.4. The standard InChI is InChI=1S/C18H32N4O2.HI/c1-19-18(21-12-8-14-24-16-15-23-3)20-11-7-13-22(2)17-9-5-4-6-10-17;/h4-6,9-10H,7-8,11-16H2,1-3H3,(H2,19,20,21);1H. The van der Waals surface area contributed by atoms with Crippen molar-refractivity contribution >= 4 is 35.6 Å². The van der Waals surface area contributed by atoms with E-state index in [1.54, 1.807) is 14.2 Å². The summed E-state index contributed by atoms with van der Waals surface area (Å²) in [6.07, 6.45) is 1.99. The summed E-state index contributed by atoms with van der Waals surface area (Å²) in [5.41, 5.74) is 1.24. The first-order chi connectivity index (χ1) is 11.8. The topological polar surface area (TPSA) is 58.1 Å². The second-order valence-corrected chi connectivity index (χ2v) is 5.50. The molecule has 1 aromatic carbocycles. The van der Waals surface area contributed by atoms with Crippen LogP contribution in [0.5, 0.6) is 0 Å². The predicted octanol–water partition coefficient (Wildman–Crippen LogP) is 2.35. The summed E-state index contributed by atoms with van der Waals surface area (Å²) in [5, 5.41) is 6.63. The molecule has 2 N–H and O–H groups in total. The van der Waals surface area contributed by atoms with Crippen LogP contribution in [-0.4, -0.2) is 66.6 Å². The third-order valence-electron chi connectivity index (χ3n) is 3.57. The van der Waals surface area contributed by atoms with Gasteiger partial charge < -0.3 is 25.0 Å². The Morgan fingerprint density at radius 1 is 1.04 bits per heavy atom. The minimum absolute atomic E-state index is 0. The van der Waals surface area contributed by atoms with Crippen molar-refractivity contribution in [3.8, 4) is 0 Å². The van der Waals surface area contributed by atoms with Gasteiger partial charge in [-0.15, -0.1) is 24.0 Å². The number of halogens is 1. The van der Waals surface area contributed by atoms with Crippen molar-refractivity contribution in [2.45, 2.75) is 12.8 Å². The third-order valence-corrected chi connectivity index (χ3v) is 3.57. The van der Waals surface area contributed by atoms with Gasteiger partial charge in [0.05, 0.1) is 13.2 Å². The highest BCUT2D eigenvalue weighted by atomic mass is 127. The Morgan fingerprint density at radius 2 is 1.72 bits per heavy atom. The number of anilines is 1. The summed E-state index contributed by atoms with van der Waals surface area (Å²) in [5.74, 6) is 0.842. The van der Waals surface area contributed by atoms with Gasteiger partial charge in [-0.05, 0) is 25.0 Å². The molecule has 6 nitrogen and oxygen atoms in total. The molecule has 0 radical (unpaired) electrons. The number of methoxy groups -OCH3 is 1. The maximum atomic E-state index is 5.43. The van der Waals surface area contributed by atoms with Gasteiger partial charge in [-0.2, -0.15) is 0 Å². The van der Waals surface area contributed by atoms with E-state index in [4.69, 9.17) is 9.47 Å². The van der Waals surface area contributed by atoms with Crippen LogP contribution in [0.2, 0.25) is 0 Å². The Bertz CT molecular complexity index is 446. The molecule has 0 heterocycles. The van der Waals surface area contributed by atoms with Crippen molar-refractivity contribution in [1.29, 1.82) is 0 Å². The van der Waals surface area contributed by atoms with E-state index in [0.717, 1.165) is 45.0 Å². The Labute approximate surface area is 169 Å². The van der Waals surface area contributed by atoms with Crippen LogP contribution < -0.4 is 15.5 Å². The van der Waals surface area contributed by atoms with Gasteiger partial charge in [-0.3, -0.25) is 4.99 Å². The highest BCUT2D eigenvalue weighted by molar-refractivity contribution is 14.0. The van der Waals surface area contributed by atoms with Crippen LogP contribution in [0.15, 0.2) is 35.3 Å². The molecule has 1 aromatic rings. The number of aliphatic imine (C=N–C) groups is 1. The fourth-order valence-corrected chi connectivity index (χ4v) is 2.18. The number of ether oxygens (including phenoxy) is 2. The van der Waals surface area contributed by atoms with Gasteiger partial charge in [0.15, 0.2) is 5.96 Å². The molecule has 0 bridgehead atoms. The summed E-state index contributed by atoms with van der Waals surface area (Å²) in [7, 11) is 5.59. The number of nitrogens with zero attached hydrogens (tertiary/aromatic N) is 2. The Balaban J connectivity index is 0.00000576. The van der Waals surface area contributed by atoms with Crippen molar-refractivity contribution in [1.82, 2.24) is 10.6 Å². The van der Waals surface area contributed by atoms with Gasteiger partial charge >= 0.3 is 0 Å². The van der Waals surface area contributed by atoms with Gasteiger partial charge in [0, 0.05) is 53.1 Å². The minimum atomic E-state index is 0. The molecule has 0 saturated heterocycles. The monoisotopic (exact) mass is 464 g/mol. The second-order valence-electron chi connectivity index (χ2n) is 5.50. The smallest absolute Gasteiger partial charge is 0.190 e. The van der Waals surface area contributed by atoms with E-state index in [-0.39, 0.29) is 24.0 Å². The quantitative estimate of drug-likeness (QED) is 0.215. The normalized spacial score (nSPS) is 10.9. The fraction of sp³-hybridized carbons (Fsp3) is 0.611. The summed E-state index contributed by atoms with van der Waals surface area (Å²) in [6, 6.07) is 10.4. The number of benzene rings is 1. The van der Waals surface area contributed by atoms with Gasteiger partial charge in [-0.1, -0.05) is 18.2 Å². The molecule has 0 aromatic heterocycles. The largest absolute Gasteiger partial charge is 0.382 e. The van der Waals surface area contributed by atoms with E-state index < -0.39 is 0 Å². The molecule has 144 valence electrons. The van der Waals surface area contributed by atoms with Gasteiger partial charge in [0.1, 0.15) is 0 Å². The lowest BCUT2D eigenvalue weighted by Gasteiger charge is -2.19. The third kappa shape index (κ3) is 12.0. The van der Waals surface area contributed by atoms with Gasteiger partial charge in [0.25, 0.3) is 0 Å². The molecule has 0 aliphatic carbocycles. The van der Waals surface area contributed by atoms with Crippen molar-refractivity contribution in [2.24, 2.45) is 4.99 Å². The number of nitrogens with one attached hydrogen (secondary N) is 2. The number of rotatable bonds is 12. The van der Waals surface area contributed by atoms with Gasteiger partial charge in [-0.25, -0.2) is 0 Å². The SMILES string of the molecule is CN=C(NCCCOCCOC)NCCCN(C)c1ccccc1.I. The summed E-state index contributed by atoms with van der Waals surface area (Å²) >= 11 is 0. The van der Waals surface area contributed by atoms with E-state index >= 15 is 0 Å². The average Bonchev–Trinajstić information content (AvgIpc) is 2.63. The molecule has 0 unspecified atom stereocenters. The highest BCUT2D eigenvalue weighted by Gasteiger charge is 2.00. The fourth-order valence-electron chi connectivity index (χ4n) is 2.18.